The number of nitrogens with two attached hydrogens (primary N) is 1. The monoisotopic (exact) mass is 276 g/mol. The van der Waals surface area contributed by atoms with Crippen LogP contribution < -0.4 is 11.3 Å². The van der Waals surface area contributed by atoms with Crippen molar-refractivity contribution in [3.05, 3.63) is 35.4 Å². The molecule has 0 radical (unpaired) electrons. The van der Waals surface area contributed by atoms with Crippen LogP contribution in [0.2, 0.25) is 0 Å². The van der Waals surface area contributed by atoms with E-state index in [1.165, 1.54) is 24.0 Å². The first-order chi connectivity index (χ1) is 9.42. The summed E-state index contributed by atoms with van der Waals surface area (Å²) < 4.78 is 5.98. The zero-order chi connectivity index (χ0) is 14.8. The highest BCUT2D eigenvalue weighted by Crippen LogP contribution is 2.47. The van der Waals surface area contributed by atoms with Crippen LogP contribution in [0.4, 0.5) is 0 Å². The summed E-state index contributed by atoms with van der Waals surface area (Å²) in [6.07, 6.45) is 4.42. The molecule has 1 saturated carbocycles. The zero-order valence-electron chi connectivity index (χ0n) is 13.2. The van der Waals surface area contributed by atoms with Gasteiger partial charge in [-0.3, -0.25) is 11.3 Å². The Labute approximate surface area is 122 Å². The van der Waals surface area contributed by atoms with Gasteiger partial charge in [0.2, 0.25) is 0 Å². The molecule has 2 rings (SSSR count). The quantitative estimate of drug-likeness (QED) is 0.654. The molecule has 1 aromatic carbocycles. The summed E-state index contributed by atoms with van der Waals surface area (Å²) in [7, 11) is 1.82. The Hall–Kier alpha value is -0.900. The number of aryl methyl sites for hydroxylation is 1. The normalized spacial score (nSPS) is 22.4. The molecule has 3 nitrogen and oxygen atoms in total. The summed E-state index contributed by atoms with van der Waals surface area (Å²) in [5, 5.41) is 0. The minimum atomic E-state index is -0.196. The standard InChI is InChI=1S/C17H28N2O/c1-13-6-5-7-14(12-13)15(19-18)17(20-4)10-8-16(2,3)9-11-17/h5-7,12,15,19H,8-11,18H2,1-4H3. The number of nitrogens with one attached hydrogen (secondary N) is 1. The first-order valence-corrected chi connectivity index (χ1v) is 7.50. The molecule has 0 spiro atoms. The van der Waals surface area contributed by atoms with Gasteiger partial charge in [0.1, 0.15) is 0 Å². The van der Waals surface area contributed by atoms with E-state index < -0.39 is 0 Å². The average molecular weight is 276 g/mol. The maximum atomic E-state index is 5.98. The van der Waals surface area contributed by atoms with Crippen molar-refractivity contribution in [3.8, 4) is 0 Å². The van der Waals surface area contributed by atoms with Crippen molar-refractivity contribution in [2.24, 2.45) is 11.3 Å². The van der Waals surface area contributed by atoms with E-state index in [0.29, 0.717) is 5.41 Å². The summed E-state index contributed by atoms with van der Waals surface area (Å²) in [6, 6.07) is 8.58. The van der Waals surface area contributed by atoms with Gasteiger partial charge >= 0.3 is 0 Å². The van der Waals surface area contributed by atoms with Gasteiger partial charge in [-0.25, -0.2) is 0 Å². The highest BCUT2D eigenvalue weighted by molar-refractivity contribution is 5.27. The minimum Gasteiger partial charge on any atom is -0.376 e. The third-order valence-electron chi connectivity index (χ3n) is 4.92. The fourth-order valence-electron chi connectivity index (χ4n) is 3.36. The smallest absolute Gasteiger partial charge is 0.0885 e. The molecule has 1 atom stereocenters. The van der Waals surface area contributed by atoms with Crippen LogP contribution in [0.25, 0.3) is 0 Å². The van der Waals surface area contributed by atoms with Crippen LogP contribution in [0.5, 0.6) is 0 Å². The molecule has 3 heteroatoms. The van der Waals surface area contributed by atoms with Crippen molar-refractivity contribution >= 4 is 0 Å². The Balaban J connectivity index is 2.29. The van der Waals surface area contributed by atoms with Crippen LogP contribution in [-0.4, -0.2) is 12.7 Å². The van der Waals surface area contributed by atoms with E-state index in [1.807, 2.05) is 7.11 Å². The van der Waals surface area contributed by atoms with E-state index >= 15 is 0 Å². The topological polar surface area (TPSA) is 47.3 Å². The van der Waals surface area contributed by atoms with Crippen LogP contribution in [0.15, 0.2) is 24.3 Å². The molecular formula is C17H28N2O. The minimum absolute atomic E-state index is 0.0449. The average Bonchev–Trinajstić information content (AvgIpc) is 2.42. The van der Waals surface area contributed by atoms with Crippen molar-refractivity contribution in [2.75, 3.05) is 7.11 Å². The molecule has 0 aliphatic heterocycles. The van der Waals surface area contributed by atoms with Gasteiger partial charge in [-0.1, -0.05) is 43.7 Å². The van der Waals surface area contributed by atoms with Crippen LogP contribution in [-0.2, 0) is 4.74 Å². The van der Waals surface area contributed by atoms with Crippen molar-refractivity contribution in [1.29, 1.82) is 0 Å². The first-order valence-electron chi connectivity index (χ1n) is 7.50. The third-order valence-corrected chi connectivity index (χ3v) is 4.92. The fourth-order valence-corrected chi connectivity index (χ4v) is 3.36. The Kier molecular flexibility index (Phi) is 4.52. The largest absolute Gasteiger partial charge is 0.376 e. The van der Waals surface area contributed by atoms with Crippen molar-refractivity contribution in [1.82, 2.24) is 5.43 Å². The fraction of sp³-hybridized carbons (Fsp3) is 0.647. The molecule has 1 fully saturated rings. The molecular weight excluding hydrogens is 248 g/mol. The molecule has 1 aliphatic rings. The molecule has 1 unspecified atom stereocenters. The lowest BCUT2D eigenvalue weighted by Gasteiger charge is -2.47. The van der Waals surface area contributed by atoms with E-state index in [9.17, 15) is 0 Å². The van der Waals surface area contributed by atoms with Gasteiger partial charge in [0.05, 0.1) is 11.6 Å². The summed E-state index contributed by atoms with van der Waals surface area (Å²) in [5.74, 6) is 5.88. The van der Waals surface area contributed by atoms with E-state index in [1.54, 1.807) is 0 Å². The first kappa shape index (κ1) is 15.5. The summed E-state index contributed by atoms with van der Waals surface area (Å²) >= 11 is 0. The predicted octanol–water partition coefficient (Wildman–Crippen LogP) is 3.48. The SMILES string of the molecule is COC1(C(NN)c2cccc(C)c2)CCC(C)(C)CC1. The summed E-state index contributed by atoms with van der Waals surface area (Å²) in [4.78, 5) is 0. The number of benzene rings is 1. The second-order valence-corrected chi connectivity index (χ2v) is 6.95. The Morgan fingerprint density at radius 2 is 1.85 bits per heavy atom. The van der Waals surface area contributed by atoms with Crippen molar-refractivity contribution < 1.29 is 4.74 Å². The number of methoxy groups -OCH3 is 1. The molecule has 0 aromatic heterocycles. The van der Waals surface area contributed by atoms with Crippen LogP contribution in [0.3, 0.4) is 0 Å². The van der Waals surface area contributed by atoms with Crippen LogP contribution in [0, 0.1) is 12.3 Å². The van der Waals surface area contributed by atoms with E-state index in [4.69, 9.17) is 10.6 Å². The van der Waals surface area contributed by atoms with Gasteiger partial charge < -0.3 is 4.74 Å². The Morgan fingerprint density at radius 3 is 2.35 bits per heavy atom. The second-order valence-electron chi connectivity index (χ2n) is 6.95. The second kappa shape index (κ2) is 5.84. The van der Waals surface area contributed by atoms with Crippen molar-refractivity contribution in [2.45, 2.75) is 58.1 Å². The Morgan fingerprint density at radius 1 is 1.20 bits per heavy atom. The van der Waals surface area contributed by atoms with Gasteiger partial charge in [-0.15, -0.1) is 0 Å². The van der Waals surface area contributed by atoms with Crippen molar-refractivity contribution in [3.63, 3.8) is 0 Å². The van der Waals surface area contributed by atoms with E-state index in [-0.39, 0.29) is 11.6 Å². The molecule has 0 saturated heterocycles. The van der Waals surface area contributed by atoms with E-state index in [0.717, 1.165) is 12.8 Å². The van der Waals surface area contributed by atoms with Gasteiger partial charge in [0, 0.05) is 7.11 Å². The molecule has 0 amide bonds. The van der Waals surface area contributed by atoms with Gasteiger partial charge in [0.15, 0.2) is 0 Å². The number of rotatable bonds is 4. The van der Waals surface area contributed by atoms with Crippen LogP contribution in [0.1, 0.15) is 56.7 Å². The number of hydrogen-bond donors (Lipinski definition) is 2. The van der Waals surface area contributed by atoms with Gasteiger partial charge in [-0.2, -0.15) is 0 Å². The number of ether oxygens (including phenoxy) is 1. The predicted molar refractivity (Wildman–Crippen MR) is 83.2 cm³/mol. The Bertz CT molecular complexity index is 446. The summed E-state index contributed by atoms with van der Waals surface area (Å²) in [6.45, 7) is 6.79. The lowest BCUT2D eigenvalue weighted by molar-refractivity contribution is -0.0877. The van der Waals surface area contributed by atoms with Crippen LogP contribution >= 0.6 is 0 Å². The maximum absolute atomic E-state index is 5.98. The number of hydrazine groups is 1. The maximum Gasteiger partial charge on any atom is 0.0885 e. The van der Waals surface area contributed by atoms with E-state index in [2.05, 4.69) is 50.5 Å². The lowest BCUT2D eigenvalue weighted by Crippen LogP contribution is -2.51. The highest BCUT2D eigenvalue weighted by Gasteiger charge is 2.44. The number of hydrogen-bond acceptors (Lipinski definition) is 3. The molecule has 0 heterocycles. The van der Waals surface area contributed by atoms with Gasteiger partial charge in [0.25, 0.3) is 0 Å². The molecule has 112 valence electrons. The highest BCUT2D eigenvalue weighted by atomic mass is 16.5. The third kappa shape index (κ3) is 3.05. The molecule has 1 aliphatic carbocycles. The molecule has 0 bridgehead atoms. The molecule has 20 heavy (non-hydrogen) atoms. The molecule has 1 aromatic rings. The zero-order valence-corrected chi connectivity index (χ0v) is 13.2. The lowest BCUT2D eigenvalue weighted by atomic mass is 9.67. The molecule has 3 N–H and O–H groups in total. The van der Waals surface area contributed by atoms with Gasteiger partial charge in [-0.05, 0) is 43.6 Å². The summed E-state index contributed by atoms with van der Waals surface area (Å²) in [5.41, 5.74) is 5.70.